The molecule has 0 fully saturated rings. The molecule has 0 aliphatic heterocycles. The fourth-order valence-corrected chi connectivity index (χ4v) is 3.28. The van der Waals surface area contributed by atoms with Crippen LogP contribution in [0, 0.1) is 0 Å². The number of sulfone groups is 1. The van der Waals surface area contributed by atoms with Gasteiger partial charge in [0.1, 0.15) is 9.84 Å². The summed E-state index contributed by atoms with van der Waals surface area (Å²) in [6.07, 6.45) is 1.24. The summed E-state index contributed by atoms with van der Waals surface area (Å²) in [6.45, 7) is 1.26. The molecular formula is C9H18N4O2S3. The summed E-state index contributed by atoms with van der Waals surface area (Å²) in [6, 6.07) is 0. The molecule has 0 saturated carbocycles. The number of anilines is 1. The zero-order valence-corrected chi connectivity index (χ0v) is 13.2. The Morgan fingerprint density at radius 2 is 2.06 bits per heavy atom. The van der Waals surface area contributed by atoms with E-state index >= 15 is 0 Å². The van der Waals surface area contributed by atoms with Gasteiger partial charge in [-0.15, -0.1) is 10.2 Å². The average molecular weight is 310 g/mol. The molecule has 104 valence electrons. The van der Waals surface area contributed by atoms with Gasteiger partial charge in [0.2, 0.25) is 5.13 Å². The van der Waals surface area contributed by atoms with Gasteiger partial charge in [0.25, 0.3) is 0 Å². The van der Waals surface area contributed by atoms with E-state index in [1.54, 1.807) is 23.1 Å². The lowest BCUT2D eigenvalue weighted by molar-refractivity contribution is 0.598. The van der Waals surface area contributed by atoms with Gasteiger partial charge in [-0.3, -0.25) is 0 Å². The van der Waals surface area contributed by atoms with Crippen molar-refractivity contribution in [2.24, 2.45) is 0 Å². The molecule has 18 heavy (non-hydrogen) atoms. The van der Waals surface area contributed by atoms with Crippen LogP contribution >= 0.6 is 23.1 Å². The highest BCUT2D eigenvalue weighted by Crippen LogP contribution is 2.26. The Labute approximate surface area is 116 Å². The third-order valence-electron chi connectivity index (χ3n) is 1.93. The molecule has 9 heteroatoms. The normalized spacial score (nSPS) is 11.7. The van der Waals surface area contributed by atoms with Gasteiger partial charge in [-0.05, 0) is 0 Å². The van der Waals surface area contributed by atoms with Gasteiger partial charge in [0.15, 0.2) is 4.34 Å². The van der Waals surface area contributed by atoms with E-state index in [4.69, 9.17) is 0 Å². The smallest absolute Gasteiger partial charge is 0.208 e. The summed E-state index contributed by atoms with van der Waals surface area (Å²) in [5, 5.41) is 12.1. The van der Waals surface area contributed by atoms with Gasteiger partial charge in [0.05, 0.1) is 5.75 Å². The van der Waals surface area contributed by atoms with Gasteiger partial charge in [-0.2, -0.15) is 0 Å². The first-order valence-electron chi connectivity index (χ1n) is 5.40. The van der Waals surface area contributed by atoms with Crippen LogP contribution in [0.3, 0.4) is 0 Å². The Kier molecular flexibility index (Phi) is 6.33. The summed E-state index contributed by atoms with van der Waals surface area (Å²) in [7, 11) is 1.000. The number of hydrogen-bond donors (Lipinski definition) is 1. The van der Waals surface area contributed by atoms with Crippen LogP contribution in [0.15, 0.2) is 4.34 Å². The van der Waals surface area contributed by atoms with E-state index in [2.05, 4.69) is 15.5 Å². The molecule has 0 amide bonds. The van der Waals surface area contributed by atoms with Crippen molar-refractivity contribution in [2.75, 3.05) is 49.8 Å². The number of nitrogens with one attached hydrogen (secondary N) is 1. The summed E-state index contributed by atoms with van der Waals surface area (Å²) in [5.74, 6) is 1.03. The molecule has 6 nitrogen and oxygen atoms in total. The van der Waals surface area contributed by atoms with Crippen LogP contribution in [-0.4, -0.2) is 63.6 Å². The first kappa shape index (κ1) is 15.7. The predicted molar refractivity (Wildman–Crippen MR) is 77.5 cm³/mol. The van der Waals surface area contributed by atoms with Crippen LogP contribution in [0.1, 0.15) is 0 Å². The summed E-state index contributed by atoms with van der Waals surface area (Å²) in [4.78, 5) is 1.92. The van der Waals surface area contributed by atoms with E-state index < -0.39 is 9.84 Å². The topological polar surface area (TPSA) is 75.2 Å². The molecule has 0 atom stereocenters. The van der Waals surface area contributed by atoms with Crippen LogP contribution in [-0.2, 0) is 9.84 Å². The zero-order chi connectivity index (χ0) is 13.6. The SMILES string of the molecule is CN(C)c1nnc(SCCNCCS(C)(=O)=O)s1. The quantitative estimate of drug-likeness (QED) is 0.548. The highest BCUT2D eigenvalue weighted by atomic mass is 32.2. The van der Waals surface area contributed by atoms with Crippen molar-refractivity contribution in [3.8, 4) is 0 Å². The molecule has 0 bridgehead atoms. The average Bonchev–Trinajstić information content (AvgIpc) is 2.70. The van der Waals surface area contributed by atoms with Gasteiger partial charge >= 0.3 is 0 Å². The predicted octanol–water partition coefficient (Wildman–Crippen LogP) is 0.330. The molecular weight excluding hydrogens is 292 g/mol. The Morgan fingerprint density at radius 3 is 2.61 bits per heavy atom. The van der Waals surface area contributed by atoms with Crippen molar-refractivity contribution in [2.45, 2.75) is 4.34 Å². The van der Waals surface area contributed by atoms with Crippen molar-refractivity contribution in [1.82, 2.24) is 15.5 Å². The first-order chi connectivity index (χ1) is 8.38. The minimum Gasteiger partial charge on any atom is -0.353 e. The Bertz CT molecular complexity index is 458. The van der Waals surface area contributed by atoms with Crippen LogP contribution in [0.5, 0.6) is 0 Å². The lowest BCUT2D eigenvalue weighted by Gasteiger charge is -2.04. The van der Waals surface area contributed by atoms with Gasteiger partial charge in [0, 0.05) is 39.2 Å². The number of rotatable bonds is 8. The lowest BCUT2D eigenvalue weighted by Crippen LogP contribution is -2.24. The number of nitrogens with zero attached hydrogens (tertiary/aromatic N) is 3. The maximum absolute atomic E-state index is 10.9. The highest BCUT2D eigenvalue weighted by molar-refractivity contribution is 8.01. The molecule has 1 heterocycles. The van der Waals surface area contributed by atoms with Crippen LogP contribution < -0.4 is 10.2 Å². The van der Waals surface area contributed by atoms with Crippen molar-refractivity contribution in [3.05, 3.63) is 0 Å². The van der Waals surface area contributed by atoms with Crippen LogP contribution in [0.25, 0.3) is 0 Å². The molecule has 0 aliphatic rings. The minimum atomic E-state index is -2.86. The Hall–Kier alpha value is -0.380. The first-order valence-corrected chi connectivity index (χ1v) is 9.27. The number of aromatic nitrogens is 2. The number of hydrogen-bond acceptors (Lipinski definition) is 8. The standard InChI is InChI=1S/C9H18N4O2S3/c1-13(2)8-11-12-9(17-8)16-6-4-10-5-7-18(3,14)15/h10H,4-7H2,1-3H3. The molecule has 0 saturated heterocycles. The van der Waals surface area contributed by atoms with Crippen molar-refractivity contribution in [1.29, 1.82) is 0 Å². The lowest BCUT2D eigenvalue weighted by atomic mass is 10.7. The summed E-state index contributed by atoms with van der Waals surface area (Å²) in [5.41, 5.74) is 0. The Morgan fingerprint density at radius 1 is 1.33 bits per heavy atom. The molecule has 1 aromatic rings. The summed E-state index contributed by atoms with van der Waals surface area (Å²) >= 11 is 3.17. The third kappa shape index (κ3) is 6.53. The van der Waals surface area contributed by atoms with E-state index in [1.807, 2.05) is 19.0 Å². The fourth-order valence-electron chi connectivity index (χ4n) is 1.03. The molecule has 0 aliphatic carbocycles. The van der Waals surface area contributed by atoms with Crippen molar-refractivity contribution >= 4 is 38.1 Å². The second-order valence-electron chi connectivity index (χ2n) is 3.97. The van der Waals surface area contributed by atoms with E-state index in [9.17, 15) is 8.42 Å². The monoisotopic (exact) mass is 310 g/mol. The van der Waals surface area contributed by atoms with Gasteiger partial charge in [-0.1, -0.05) is 23.1 Å². The maximum atomic E-state index is 10.9. The molecule has 0 spiro atoms. The third-order valence-corrected chi connectivity index (χ3v) is 5.10. The fraction of sp³-hybridized carbons (Fsp3) is 0.778. The van der Waals surface area contributed by atoms with Crippen LogP contribution in [0.2, 0.25) is 0 Å². The zero-order valence-electron chi connectivity index (χ0n) is 10.7. The minimum absolute atomic E-state index is 0.182. The molecule has 1 N–H and O–H groups in total. The molecule has 0 unspecified atom stereocenters. The van der Waals surface area contributed by atoms with E-state index in [-0.39, 0.29) is 5.75 Å². The highest BCUT2D eigenvalue weighted by Gasteiger charge is 2.06. The number of thioether (sulfide) groups is 1. The largest absolute Gasteiger partial charge is 0.353 e. The Balaban J connectivity index is 2.14. The second kappa shape index (κ2) is 7.27. The van der Waals surface area contributed by atoms with E-state index in [0.29, 0.717) is 6.54 Å². The van der Waals surface area contributed by atoms with Crippen molar-refractivity contribution < 1.29 is 8.42 Å². The van der Waals surface area contributed by atoms with Gasteiger partial charge < -0.3 is 10.2 Å². The molecule has 0 aromatic carbocycles. The van der Waals surface area contributed by atoms with Crippen LogP contribution in [0.4, 0.5) is 5.13 Å². The maximum Gasteiger partial charge on any atom is 0.208 e. The van der Waals surface area contributed by atoms with E-state index in [0.717, 1.165) is 21.8 Å². The summed E-state index contributed by atoms with van der Waals surface area (Å²) < 4.78 is 22.7. The molecule has 1 rings (SSSR count). The molecule has 1 aromatic heterocycles. The molecule has 0 radical (unpaired) electrons. The van der Waals surface area contributed by atoms with E-state index in [1.165, 1.54) is 6.26 Å². The van der Waals surface area contributed by atoms with Crippen molar-refractivity contribution in [3.63, 3.8) is 0 Å². The van der Waals surface area contributed by atoms with Gasteiger partial charge in [-0.25, -0.2) is 8.42 Å². The second-order valence-corrected chi connectivity index (χ2v) is 8.53.